The molecule has 2 aromatic heterocycles. The first-order chi connectivity index (χ1) is 9.59. The second kappa shape index (κ2) is 4.76. The van der Waals surface area contributed by atoms with Crippen LogP contribution in [0.4, 0.5) is 0 Å². The van der Waals surface area contributed by atoms with Crippen molar-refractivity contribution < 1.29 is 0 Å². The first-order valence-corrected chi connectivity index (χ1v) is 6.68. The Labute approximate surface area is 120 Å². The van der Waals surface area contributed by atoms with Gasteiger partial charge in [-0.05, 0) is 37.6 Å². The van der Waals surface area contributed by atoms with Gasteiger partial charge in [-0.25, -0.2) is 14.3 Å². The number of hydrogen-bond donors (Lipinski definition) is 0. The lowest BCUT2D eigenvalue weighted by Gasteiger charge is -2.05. The van der Waals surface area contributed by atoms with Crippen molar-refractivity contribution in [1.29, 1.82) is 0 Å². The molecule has 0 spiro atoms. The Bertz CT molecular complexity index is 835. The molecule has 0 fully saturated rings. The summed E-state index contributed by atoms with van der Waals surface area (Å²) in [5.41, 5.74) is 1.55. The lowest BCUT2D eigenvalue weighted by Crippen LogP contribution is -2.25. The minimum Gasteiger partial charge on any atom is -0.289 e. The largest absolute Gasteiger partial charge is 0.335 e. The molecule has 0 aliphatic heterocycles. The summed E-state index contributed by atoms with van der Waals surface area (Å²) in [6.07, 6.45) is 1.54. The first kappa shape index (κ1) is 12.9. The van der Waals surface area contributed by atoms with Crippen molar-refractivity contribution in [2.75, 3.05) is 0 Å². The van der Waals surface area contributed by atoms with E-state index in [2.05, 4.69) is 9.97 Å². The molecule has 2 heterocycles. The molecular weight excluding hydrogens is 276 g/mol. The second-order valence-electron chi connectivity index (χ2n) is 4.75. The SMILES string of the molecule is CC(C)n1c(=O)n(-c2ccnc(Cl)n2)c2ccccc21. The van der Waals surface area contributed by atoms with Crippen molar-refractivity contribution in [3.05, 3.63) is 52.3 Å². The highest BCUT2D eigenvalue weighted by Crippen LogP contribution is 2.19. The van der Waals surface area contributed by atoms with Gasteiger partial charge < -0.3 is 0 Å². The average Bonchev–Trinajstić information content (AvgIpc) is 2.70. The fourth-order valence-electron chi connectivity index (χ4n) is 2.34. The number of hydrogen-bond acceptors (Lipinski definition) is 3. The average molecular weight is 289 g/mol. The van der Waals surface area contributed by atoms with E-state index in [-0.39, 0.29) is 17.0 Å². The maximum atomic E-state index is 12.7. The Hall–Kier alpha value is -2.14. The fraction of sp³-hybridized carbons (Fsp3) is 0.214. The number of aromatic nitrogens is 4. The van der Waals surface area contributed by atoms with E-state index in [1.807, 2.05) is 38.1 Å². The van der Waals surface area contributed by atoms with Gasteiger partial charge in [0.05, 0.1) is 11.0 Å². The lowest BCUT2D eigenvalue weighted by atomic mass is 10.3. The number of imidazole rings is 1. The van der Waals surface area contributed by atoms with Crippen LogP contribution in [0.3, 0.4) is 0 Å². The van der Waals surface area contributed by atoms with E-state index < -0.39 is 0 Å². The molecule has 0 atom stereocenters. The monoisotopic (exact) mass is 288 g/mol. The molecule has 0 aliphatic rings. The maximum Gasteiger partial charge on any atom is 0.335 e. The zero-order valence-corrected chi connectivity index (χ0v) is 11.9. The minimum absolute atomic E-state index is 0.0611. The van der Waals surface area contributed by atoms with Crippen LogP contribution in [0.2, 0.25) is 5.28 Å². The summed E-state index contributed by atoms with van der Waals surface area (Å²) in [7, 11) is 0. The molecule has 1 aromatic carbocycles. The van der Waals surface area contributed by atoms with Crippen LogP contribution in [0.5, 0.6) is 0 Å². The number of benzene rings is 1. The van der Waals surface area contributed by atoms with Crippen molar-refractivity contribution >= 4 is 22.6 Å². The minimum atomic E-state index is -0.129. The standard InChI is InChI=1S/C14H13ClN4O/c1-9(2)18-10-5-3-4-6-11(10)19(14(18)20)12-7-8-16-13(15)17-12/h3-9H,1-2H3. The van der Waals surface area contributed by atoms with Crippen molar-refractivity contribution in [2.24, 2.45) is 0 Å². The Kier molecular flexibility index (Phi) is 3.06. The summed E-state index contributed by atoms with van der Waals surface area (Å²) < 4.78 is 3.30. The topological polar surface area (TPSA) is 52.7 Å². The molecule has 0 bridgehead atoms. The van der Waals surface area contributed by atoms with Gasteiger partial charge in [0.15, 0.2) is 0 Å². The van der Waals surface area contributed by atoms with E-state index >= 15 is 0 Å². The molecule has 20 heavy (non-hydrogen) atoms. The zero-order chi connectivity index (χ0) is 14.3. The number of nitrogens with zero attached hydrogens (tertiary/aromatic N) is 4. The normalized spacial score (nSPS) is 11.4. The van der Waals surface area contributed by atoms with Crippen LogP contribution in [0.25, 0.3) is 16.9 Å². The quantitative estimate of drug-likeness (QED) is 0.681. The number of rotatable bonds is 2. The van der Waals surface area contributed by atoms with Gasteiger partial charge >= 0.3 is 5.69 Å². The summed E-state index contributed by atoms with van der Waals surface area (Å²) in [4.78, 5) is 20.6. The second-order valence-corrected chi connectivity index (χ2v) is 5.09. The van der Waals surface area contributed by atoms with Crippen molar-refractivity contribution in [3.8, 4) is 5.82 Å². The summed E-state index contributed by atoms with van der Waals surface area (Å²) in [6.45, 7) is 3.95. The van der Waals surface area contributed by atoms with Gasteiger partial charge in [0.2, 0.25) is 5.28 Å². The van der Waals surface area contributed by atoms with Gasteiger partial charge in [-0.3, -0.25) is 4.57 Å². The van der Waals surface area contributed by atoms with Crippen molar-refractivity contribution in [2.45, 2.75) is 19.9 Å². The van der Waals surface area contributed by atoms with Gasteiger partial charge in [0.1, 0.15) is 5.82 Å². The molecule has 0 amide bonds. The van der Waals surface area contributed by atoms with Crippen molar-refractivity contribution in [1.82, 2.24) is 19.1 Å². The number of halogens is 1. The van der Waals surface area contributed by atoms with Crippen LogP contribution in [0.15, 0.2) is 41.3 Å². The summed E-state index contributed by atoms with van der Waals surface area (Å²) in [5, 5.41) is 0.121. The third-order valence-electron chi connectivity index (χ3n) is 3.14. The molecule has 3 aromatic rings. The molecule has 3 rings (SSSR count). The molecule has 6 heteroatoms. The molecule has 0 saturated carbocycles. The molecule has 0 N–H and O–H groups in total. The van der Waals surface area contributed by atoms with E-state index in [4.69, 9.17) is 11.6 Å². The third-order valence-corrected chi connectivity index (χ3v) is 3.32. The van der Waals surface area contributed by atoms with Gasteiger partial charge in [0, 0.05) is 18.3 Å². The summed E-state index contributed by atoms with van der Waals surface area (Å²) >= 11 is 5.82. The molecule has 0 aliphatic carbocycles. The number of fused-ring (bicyclic) bond motifs is 1. The van der Waals surface area contributed by atoms with Crippen LogP contribution in [0.1, 0.15) is 19.9 Å². The first-order valence-electron chi connectivity index (χ1n) is 6.30. The Balaban J connectivity index is 2.42. The lowest BCUT2D eigenvalue weighted by molar-refractivity contribution is 0.589. The predicted octanol–water partition coefficient (Wildman–Crippen LogP) is 2.82. The summed E-state index contributed by atoms with van der Waals surface area (Å²) in [5.74, 6) is 0.477. The van der Waals surface area contributed by atoms with Gasteiger partial charge in [-0.2, -0.15) is 4.98 Å². The number of para-hydroxylation sites is 2. The molecule has 102 valence electrons. The highest BCUT2D eigenvalue weighted by atomic mass is 35.5. The van der Waals surface area contributed by atoms with Gasteiger partial charge in [0.25, 0.3) is 0 Å². The Morgan fingerprint density at radius 2 is 1.85 bits per heavy atom. The van der Waals surface area contributed by atoms with E-state index in [1.165, 1.54) is 0 Å². The predicted molar refractivity (Wildman–Crippen MR) is 78.5 cm³/mol. The fourth-order valence-corrected chi connectivity index (χ4v) is 2.48. The molecule has 0 saturated heterocycles. The van der Waals surface area contributed by atoms with E-state index in [0.717, 1.165) is 11.0 Å². The highest BCUT2D eigenvalue weighted by molar-refractivity contribution is 6.28. The molecule has 0 radical (unpaired) electrons. The zero-order valence-electron chi connectivity index (χ0n) is 11.1. The smallest absolute Gasteiger partial charge is 0.289 e. The van der Waals surface area contributed by atoms with Crippen LogP contribution in [-0.2, 0) is 0 Å². The Morgan fingerprint density at radius 1 is 1.15 bits per heavy atom. The van der Waals surface area contributed by atoms with Gasteiger partial charge in [-0.1, -0.05) is 12.1 Å². The van der Waals surface area contributed by atoms with Crippen LogP contribution >= 0.6 is 11.6 Å². The maximum absolute atomic E-state index is 12.7. The van der Waals surface area contributed by atoms with E-state index in [1.54, 1.807) is 21.4 Å². The van der Waals surface area contributed by atoms with E-state index in [0.29, 0.717) is 5.82 Å². The molecular formula is C14H13ClN4O. The summed E-state index contributed by atoms with van der Waals surface area (Å²) in [6, 6.07) is 9.36. The van der Waals surface area contributed by atoms with Crippen molar-refractivity contribution in [3.63, 3.8) is 0 Å². The van der Waals surface area contributed by atoms with E-state index in [9.17, 15) is 4.79 Å². The Morgan fingerprint density at radius 3 is 2.50 bits per heavy atom. The van der Waals surface area contributed by atoms with Crippen LogP contribution in [0, 0.1) is 0 Å². The van der Waals surface area contributed by atoms with Gasteiger partial charge in [-0.15, -0.1) is 0 Å². The van der Waals surface area contributed by atoms with Crippen LogP contribution < -0.4 is 5.69 Å². The molecule has 0 unspecified atom stereocenters. The van der Waals surface area contributed by atoms with Crippen LogP contribution in [-0.4, -0.2) is 19.1 Å². The third kappa shape index (κ3) is 1.91. The highest BCUT2D eigenvalue weighted by Gasteiger charge is 2.16. The molecule has 5 nitrogen and oxygen atoms in total.